The van der Waals surface area contributed by atoms with Gasteiger partial charge in [-0.05, 0) is 11.5 Å². The zero-order valence-corrected chi connectivity index (χ0v) is 16.1. The highest BCUT2D eigenvalue weighted by molar-refractivity contribution is 7.89. The van der Waals surface area contributed by atoms with Crippen molar-refractivity contribution in [3.05, 3.63) is 59.9 Å². The third-order valence-corrected chi connectivity index (χ3v) is 7.13. The molecule has 0 saturated carbocycles. The molecule has 1 aromatic heterocycles. The molecule has 0 spiro atoms. The first-order valence-corrected chi connectivity index (χ1v) is 10.7. The molecule has 1 fully saturated rings. The minimum atomic E-state index is -3.64. The number of rotatable bonds is 3. The van der Waals surface area contributed by atoms with Crippen LogP contribution in [-0.2, 0) is 27.8 Å². The van der Waals surface area contributed by atoms with Crippen LogP contribution in [0.2, 0.25) is 0 Å². The number of hydrogen-bond donors (Lipinski definition) is 0. The van der Waals surface area contributed by atoms with E-state index in [1.165, 1.54) is 4.31 Å². The molecule has 0 atom stereocenters. The van der Waals surface area contributed by atoms with Gasteiger partial charge < -0.3 is 9.64 Å². The van der Waals surface area contributed by atoms with Crippen LogP contribution >= 0.6 is 0 Å². The van der Waals surface area contributed by atoms with Crippen molar-refractivity contribution >= 4 is 26.7 Å². The molecule has 3 aromatic rings. The van der Waals surface area contributed by atoms with Gasteiger partial charge in [0.05, 0.1) is 30.3 Å². The number of ether oxygens (including phenoxy) is 1. The topological polar surface area (TPSA) is 75.6 Å². The van der Waals surface area contributed by atoms with Crippen LogP contribution in [0.1, 0.15) is 11.3 Å². The van der Waals surface area contributed by atoms with Crippen molar-refractivity contribution in [2.75, 3.05) is 31.2 Å². The van der Waals surface area contributed by atoms with Gasteiger partial charge in [0.2, 0.25) is 16.0 Å². The molecule has 0 unspecified atom stereocenters. The second-order valence-corrected chi connectivity index (χ2v) is 8.90. The van der Waals surface area contributed by atoms with Crippen LogP contribution < -0.4 is 4.90 Å². The summed E-state index contributed by atoms with van der Waals surface area (Å²) in [5, 5.41) is 1.65. The molecule has 144 valence electrons. The highest BCUT2D eigenvalue weighted by Crippen LogP contribution is 2.31. The van der Waals surface area contributed by atoms with Gasteiger partial charge in [0.1, 0.15) is 0 Å². The van der Waals surface area contributed by atoms with E-state index in [-0.39, 0.29) is 6.54 Å². The van der Waals surface area contributed by atoms with E-state index in [2.05, 4.69) is 14.9 Å². The Morgan fingerprint density at radius 1 is 0.964 bits per heavy atom. The number of nitrogens with zero attached hydrogens (tertiary/aromatic N) is 4. The SMILES string of the molecule is O=S(=O)(c1cccc2ccccc12)N1Cc2cnc(N3CCOCC3)nc2C1. The van der Waals surface area contributed by atoms with Crippen LogP contribution in [0.4, 0.5) is 5.95 Å². The summed E-state index contributed by atoms with van der Waals surface area (Å²) in [6, 6.07) is 12.9. The third kappa shape index (κ3) is 2.94. The predicted molar refractivity (Wildman–Crippen MR) is 105 cm³/mol. The molecule has 2 aliphatic rings. The average molecular weight is 396 g/mol. The number of anilines is 1. The maximum absolute atomic E-state index is 13.4. The second kappa shape index (κ2) is 6.80. The van der Waals surface area contributed by atoms with Crippen LogP contribution in [0.3, 0.4) is 0 Å². The van der Waals surface area contributed by atoms with Crippen molar-refractivity contribution in [1.29, 1.82) is 0 Å². The maximum atomic E-state index is 13.4. The molecular weight excluding hydrogens is 376 g/mol. The number of fused-ring (bicyclic) bond motifs is 2. The summed E-state index contributed by atoms with van der Waals surface area (Å²) in [4.78, 5) is 11.5. The van der Waals surface area contributed by atoms with Crippen LogP contribution in [0.5, 0.6) is 0 Å². The molecule has 5 rings (SSSR count). The van der Waals surface area contributed by atoms with Crippen molar-refractivity contribution in [2.45, 2.75) is 18.0 Å². The van der Waals surface area contributed by atoms with Crippen molar-refractivity contribution in [1.82, 2.24) is 14.3 Å². The lowest BCUT2D eigenvalue weighted by molar-refractivity contribution is 0.122. The van der Waals surface area contributed by atoms with Gasteiger partial charge in [0, 0.05) is 36.8 Å². The summed E-state index contributed by atoms with van der Waals surface area (Å²) in [5.74, 6) is 0.645. The van der Waals surface area contributed by atoms with Gasteiger partial charge in [0.15, 0.2) is 0 Å². The van der Waals surface area contributed by atoms with E-state index < -0.39 is 10.0 Å². The van der Waals surface area contributed by atoms with Gasteiger partial charge in [-0.25, -0.2) is 18.4 Å². The van der Waals surface area contributed by atoms with E-state index in [0.717, 1.165) is 35.1 Å². The summed E-state index contributed by atoms with van der Waals surface area (Å²) in [6.07, 6.45) is 1.76. The Bertz CT molecular complexity index is 1140. The summed E-state index contributed by atoms with van der Waals surface area (Å²) >= 11 is 0. The third-order valence-electron chi connectivity index (χ3n) is 5.28. The highest BCUT2D eigenvalue weighted by atomic mass is 32.2. The molecule has 2 aliphatic heterocycles. The van der Waals surface area contributed by atoms with Crippen molar-refractivity contribution in [3.63, 3.8) is 0 Å². The Morgan fingerprint density at radius 3 is 2.61 bits per heavy atom. The van der Waals surface area contributed by atoms with E-state index in [9.17, 15) is 8.42 Å². The molecule has 3 heterocycles. The number of benzene rings is 2. The summed E-state index contributed by atoms with van der Waals surface area (Å²) in [5.41, 5.74) is 1.64. The standard InChI is InChI=1S/C20H20N4O3S/c25-28(26,19-7-3-5-15-4-1-2-6-17(15)19)24-13-16-12-21-20(22-18(16)14-24)23-8-10-27-11-9-23/h1-7,12H,8-11,13-14H2. The highest BCUT2D eigenvalue weighted by Gasteiger charge is 2.33. The molecule has 8 heteroatoms. The van der Waals surface area contributed by atoms with Crippen molar-refractivity contribution in [3.8, 4) is 0 Å². The smallest absolute Gasteiger partial charge is 0.244 e. The van der Waals surface area contributed by atoms with E-state index in [1.807, 2.05) is 30.3 Å². The molecule has 2 aromatic carbocycles. The fourth-order valence-corrected chi connectivity index (χ4v) is 5.35. The number of sulfonamides is 1. The van der Waals surface area contributed by atoms with Crippen LogP contribution in [0.15, 0.2) is 53.6 Å². The van der Waals surface area contributed by atoms with Gasteiger partial charge >= 0.3 is 0 Å². The van der Waals surface area contributed by atoms with Crippen LogP contribution in [-0.4, -0.2) is 49.0 Å². The van der Waals surface area contributed by atoms with Crippen molar-refractivity contribution in [2.24, 2.45) is 0 Å². The van der Waals surface area contributed by atoms with Gasteiger partial charge in [-0.2, -0.15) is 4.31 Å². The van der Waals surface area contributed by atoms with E-state index in [1.54, 1.807) is 18.3 Å². The summed E-state index contributed by atoms with van der Waals surface area (Å²) < 4.78 is 33.6. The first-order chi connectivity index (χ1) is 13.6. The normalized spacial score (nSPS) is 17.8. The number of aromatic nitrogens is 2. The Balaban J connectivity index is 1.46. The summed E-state index contributed by atoms with van der Waals surface area (Å²) in [7, 11) is -3.64. The van der Waals surface area contributed by atoms with Gasteiger partial charge in [-0.15, -0.1) is 0 Å². The predicted octanol–water partition coefficient (Wildman–Crippen LogP) is 2.17. The summed E-state index contributed by atoms with van der Waals surface area (Å²) in [6.45, 7) is 3.36. The molecule has 0 amide bonds. The van der Waals surface area contributed by atoms with Gasteiger partial charge in [-0.1, -0.05) is 36.4 Å². The lowest BCUT2D eigenvalue weighted by Gasteiger charge is -2.26. The molecule has 28 heavy (non-hydrogen) atoms. The number of hydrogen-bond acceptors (Lipinski definition) is 6. The van der Waals surface area contributed by atoms with Crippen LogP contribution in [0.25, 0.3) is 10.8 Å². The number of morpholine rings is 1. The molecule has 0 bridgehead atoms. The Labute approximate surface area is 163 Å². The largest absolute Gasteiger partial charge is 0.378 e. The molecule has 1 saturated heterocycles. The van der Waals surface area contributed by atoms with E-state index in [0.29, 0.717) is 30.6 Å². The Kier molecular flexibility index (Phi) is 4.26. The fourth-order valence-electron chi connectivity index (χ4n) is 3.76. The molecule has 7 nitrogen and oxygen atoms in total. The van der Waals surface area contributed by atoms with Gasteiger partial charge in [0.25, 0.3) is 0 Å². The molecule has 0 radical (unpaired) electrons. The second-order valence-electron chi connectivity index (χ2n) is 6.99. The molecular formula is C20H20N4O3S. The van der Waals surface area contributed by atoms with Crippen LogP contribution in [0, 0.1) is 0 Å². The van der Waals surface area contributed by atoms with E-state index in [4.69, 9.17) is 4.74 Å². The van der Waals surface area contributed by atoms with Crippen molar-refractivity contribution < 1.29 is 13.2 Å². The first-order valence-electron chi connectivity index (χ1n) is 9.28. The minimum Gasteiger partial charge on any atom is -0.378 e. The van der Waals surface area contributed by atoms with E-state index >= 15 is 0 Å². The first kappa shape index (κ1) is 17.5. The fraction of sp³-hybridized carbons (Fsp3) is 0.300. The quantitative estimate of drug-likeness (QED) is 0.675. The monoisotopic (exact) mass is 396 g/mol. The minimum absolute atomic E-state index is 0.265. The molecule has 0 N–H and O–H groups in total. The Hall–Kier alpha value is -2.55. The average Bonchev–Trinajstić information content (AvgIpc) is 3.18. The zero-order chi connectivity index (χ0) is 19.1. The molecule has 0 aliphatic carbocycles. The van der Waals surface area contributed by atoms with Gasteiger partial charge in [-0.3, -0.25) is 0 Å². The maximum Gasteiger partial charge on any atom is 0.244 e. The lowest BCUT2D eigenvalue weighted by Crippen LogP contribution is -2.37. The lowest BCUT2D eigenvalue weighted by atomic mass is 10.1. The zero-order valence-electron chi connectivity index (χ0n) is 15.3. The Morgan fingerprint density at radius 2 is 1.75 bits per heavy atom.